The van der Waals surface area contributed by atoms with Crippen LogP contribution in [-0.2, 0) is 32.5 Å². The van der Waals surface area contributed by atoms with Gasteiger partial charge in [0.15, 0.2) is 0 Å². The maximum atomic E-state index is 13.3. The fourth-order valence-electron chi connectivity index (χ4n) is 4.98. The third kappa shape index (κ3) is 5.18. The molecule has 2 aromatic rings. The zero-order valence-corrected chi connectivity index (χ0v) is 20.8. The second-order valence-electron chi connectivity index (χ2n) is 9.67. The third-order valence-corrected chi connectivity index (χ3v) is 8.11. The van der Waals surface area contributed by atoms with E-state index >= 15 is 0 Å². The molecular formula is C26H33N3O4S. The number of carbonyl (C=O) groups excluding carboxylic acids is 2. The van der Waals surface area contributed by atoms with Crippen molar-refractivity contribution in [1.29, 1.82) is 0 Å². The minimum absolute atomic E-state index is 0.0644. The molecule has 0 radical (unpaired) electrons. The van der Waals surface area contributed by atoms with Gasteiger partial charge in [-0.1, -0.05) is 38.1 Å². The second kappa shape index (κ2) is 9.88. The number of benzene rings is 2. The summed E-state index contributed by atoms with van der Waals surface area (Å²) in [5, 5.41) is 3.10. The highest BCUT2D eigenvalue weighted by atomic mass is 32.2. The van der Waals surface area contributed by atoms with Gasteiger partial charge in [-0.15, -0.1) is 0 Å². The number of fused-ring (bicyclic) bond motifs is 2. The van der Waals surface area contributed by atoms with Crippen LogP contribution in [0.1, 0.15) is 62.8 Å². The molecule has 2 amide bonds. The maximum Gasteiger partial charge on any atom is 0.241 e. The molecule has 1 aliphatic heterocycles. The Hall–Kier alpha value is -2.71. The molecule has 2 atom stereocenters. The van der Waals surface area contributed by atoms with Crippen molar-refractivity contribution in [2.45, 2.75) is 69.9 Å². The first-order valence-electron chi connectivity index (χ1n) is 12.0. The summed E-state index contributed by atoms with van der Waals surface area (Å²) in [5.41, 5.74) is 3.92. The molecule has 1 aliphatic carbocycles. The van der Waals surface area contributed by atoms with Gasteiger partial charge in [-0.05, 0) is 72.9 Å². The van der Waals surface area contributed by atoms with Crippen LogP contribution in [0.2, 0.25) is 0 Å². The van der Waals surface area contributed by atoms with Crippen molar-refractivity contribution in [3.05, 3.63) is 59.2 Å². The van der Waals surface area contributed by atoms with Gasteiger partial charge in [0, 0.05) is 19.2 Å². The van der Waals surface area contributed by atoms with Gasteiger partial charge in [-0.3, -0.25) is 9.59 Å². The van der Waals surface area contributed by atoms with Crippen molar-refractivity contribution >= 4 is 27.5 Å². The van der Waals surface area contributed by atoms with Crippen molar-refractivity contribution in [3.8, 4) is 0 Å². The van der Waals surface area contributed by atoms with Crippen molar-refractivity contribution in [2.24, 2.45) is 5.92 Å². The number of anilines is 1. The van der Waals surface area contributed by atoms with Crippen LogP contribution < -0.4 is 14.9 Å². The molecule has 0 saturated heterocycles. The number of aryl methyl sites for hydroxylation is 1. The SMILES string of the molecule is CC(=O)N1CCc2cc(S(=O)(=O)N[C@@H](CC(C)C)C(=O)N[C@H]3CCCc4ccccc43)ccc21. The van der Waals surface area contributed by atoms with Gasteiger partial charge in [0.25, 0.3) is 0 Å². The molecule has 34 heavy (non-hydrogen) atoms. The minimum Gasteiger partial charge on any atom is -0.348 e. The smallest absolute Gasteiger partial charge is 0.241 e. The zero-order chi connectivity index (χ0) is 24.5. The molecule has 0 spiro atoms. The highest BCUT2D eigenvalue weighted by Gasteiger charge is 2.31. The molecule has 1 heterocycles. The summed E-state index contributed by atoms with van der Waals surface area (Å²) in [6.45, 7) is 5.98. The quantitative estimate of drug-likeness (QED) is 0.630. The summed E-state index contributed by atoms with van der Waals surface area (Å²) in [6.07, 6.45) is 3.80. The van der Waals surface area contributed by atoms with Gasteiger partial charge in [0.05, 0.1) is 10.9 Å². The van der Waals surface area contributed by atoms with E-state index < -0.39 is 16.1 Å². The van der Waals surface area contributed by atoms with Gasteiger partial charge >= 0.3 is 0 Å². The van der Waals surface area contributed by atoms with Crippen LogP contribution in [0.15, 0.2) is 47.4 Å². The number of sulfonamides is 1. The molecular weight excluding hydrogens is 450 g/mol. The molecule has 8 heteroatoms. The normalized spacial score (nSPS) is 18.4. The first-order chi connectivity index (χ1) is 16.2. The highest BCUT2D eigenvalue weighted by Crippen LogP contribution is 2.31. The fourth-order valence-corrected chi connectivity index (χ4v) is 6.24. The first kappa shape index (κ1) is 24.4. The number of amides is 2. The zero-order valence-electron chi connectivity index (χ0n) is 20.0. The number of nitrogens with one attached hydrogen (secondary N) is 2. The van der Waals surface area contributed by atoms with Gasteiger partial charge < -0.3 is 10.2 Å². The van der Waals surface area contributed by atoms with E-state index in [9.17, 15) is 18.0 Å². The van der Waals surface area contributed by atoms with Crippen LogP contribution in [0.3, 0.4) is 0 Å². The van der Waals surface area contributed by atoms with E-state index in [1.807, 2.05) is 32.0 Å². The van der Waals surface area contributed by atoms with E-state index in [1.54, 1.807) is 17.0 Å². The Bertz CT molecular complexity index is 1190. The predicted octanol–water partition coefficient (Wildman–Crippen LogP) is 3.48. The summed E-state index contributed by atoms with van der Waals surface area (Å²) < 4.78 is 29.2. The lowest BCUT2D eigenvalue weighted by Gasteiger charge is -2.29. The summed E-state index contributed by atoms with van der Waals surface area (Å²) >= 11 is 0. The number of rotatable bonds is 7. The second-order valence-corrected chi connectivity index (χ2v) is 11.4. The average molecular weight is 484 g/mol. The summed E-state index contributed by atoms with van der Waals surface area (Å²) in [7, 11) is -3.93. The van der Waals surface area contributed by atoms with Crippen LogP contribution in [0.4, 0.5) is 5.69 Å². The molecule has 0 bridgehead atoms. The van der Waals surface area contributed by atoms with E-state index in [2.05, 4.69) is 16.1 Å². The lowest BCUT2D eigenvalue weighted by atomic mass is 9.87. The maximum absolute atomic E-state index is 13.3. The lowest BCUT2D eigenvalue weighted by Crippen LogP contribution is -2.48. The topological polar surface area (TPSA) is 95.6 Å². The van der Waals surface area contributed by atoms with Crippen molar-refractivity contribution in [1.82, 2.24) is 10.0 Å². The Kier molecular flexibility index (Phi) is 7.09. The van der Waals surface area contributed by atoms with Crippen molar-refractivity contribution in [3.63, 3.8) is 0 Å². The van der Waals surface area contributed by atoms with Crippen LogP contribution in [-0.4, -0.2) is 32.8 Å². The van der Waals surface area contributed by atoms with E-state index in [4.69, 9.17) is 0 Å². The monoisotopic (exact) mass is 483 g/mol. The largest absolute Gasteiger partial charge is 0.348 e. The summed E-state index contributed by atoms with van der Waals surface area (Å²) in [6, 6.07) is 11.9. The molecule has 2 aliphatic rings. The molecule has 2 aromatic carbocycles. The molecule has 2 N–H and O–H groups in total. The third-order valence-electron chi connectivity index (χ3n) is 6.64. The van der Waals surface area contributed by atoms with E-state index in [-0.39, 0.29) is 28.7 Å². The Morgan fingerprint density at radius 3 is 2.59 bits per heavy atom. The predicted molar refractivity (Wildman–Crippen MR) is 132 cm³/mol. The molecule has 7 nitrogen and oxygen atoms in total. The molecule has 4 rings (SSSR count). The minimum atomic E-state index is -3.93. The fraction of sp³-hybridized carbons (Fsp3) is 0.462. The Morgan fingerprint density at radius 2 is 1.85 bits per heavy atom. The Morgan fingerprint density at radius 1 is 1.09 bits per heavy atom. The number of carbonyl (C=O) groups is 2. The number of hydrogen-bond acceptors (Lipinski definition) is 4. The van der Waals surface area contributed by atoms with Crippen molar-refractivity contribution < 1.29 is 18.0 Å². The van der Waals surface area contributed by atoms with Crippen LogP contribution in [0, 0.1) is 5.92 Å². The number of nitrogens with zero attached hydrogens (tertiary/aromatic N) is 1. The van der Waals surface area contributed by atoms with Crippen LogP contribution in [0.5, 0.6) is 0 Å². The van der Waals surface area contributed by atoms with Gasteiger partial charge in [0.2, 0.25) is 21.8 Å². The Balaban J connectivity index is 1.53. The molecule has 0 saturated carbocycles. The van der Waals surface area contributed by atoms with Crippen LogP contribution in [0.25, 0.3) is 0 Å². The first-order valence-corrected chi connectivity index (χ1v) is 13.5. The molecule has 0 fully saturated rings. The van der Waals surface area contributed by atoms with Crippen molar-refractivity contribution in [2.75, 3.05) is 11.4 Å². The highest BCUT2D eigenvalue weighted by molar-refractivity contribution is 7.89. The standard InChI is InChI=1S/C26H33N3O4S/c1-17(2)15-24(26(31)27-23-10-6-8-19-7-4-5-9-22(19)23)28-34(32,33)21-11-12-25-20(16-21)13-14-29(25)18(3)30/h4-5,7,9,11-12,16-17,23-24,28H,6,8,10,13-15H2,1-3H3,(H,27,31)/t23-,24-/m0/s1. The molecule has 0 aromatic heterocycles. The van der Waals surface area contributed by atoms with E-state index in [0.29, 0.717) is 19.4 Å². The van der Waals surface area contributed by atoms with Gasteiger partial charge in [-0.2, -0.15) is 4.72 Å². The summed E-state index contributed by atoms with van der Waals surface area (Å²) in [5.74, 6) is -0.241. The average Bonchev–Trinajstić information content (AvgIpc) is 3.22. The molecule has 0 unspecified atom stereocenters. The van der Waals surface area contributed by atoms with Crippen LogP contribution >= 0.6 is 0 Å². The summed E-state index contributed by atoms with van der Waals surface area (Å²) in [4.78, 5) is 26.9. The van der Waals surface area contributed by atoms with E-state index in [0.717, 1.165) is 36.1 Å². The Labute approximate surface area is 202 Å². The number of hydrogen-bond donors (Lipinski definition) is 2. The van der Waals surface area contributed by atoms with Gasteiger partial charge in [-0.25, -0.2) is 8.42 Å². The molecule has 182 valence electrons. The lowest BCUT2D eigenvalue weighted by molar-refractivity contribution is -0.124. The van der Waals surface area contributed by atoms with E-state index in [1.165, 1.54) is 18.6 Å². The van der Waals surface area contributed by atoms with Gasteiger partial charge in [0.1, 0.15) is 6.04 Å².